The van der Waals surface area contributed by atoms with Crippen LogP contribution < -0.4 is 9.47 Å². The van der Waals surface area contributed by atoms with E-state index in [0.29, 0.717) is 16.9 Å². The van der Waals surface area contributed by atoms with Crippen LogP contribution in [0.4, 0.5) is 4.39 Å². The van der Waals surface area contributed by atoms with Crippen LogP contribution in [-0.4, -0.2) is 11.9 Å². The molecule has 2 aromatic carbocycles. The number of ether oxygens (including phenoxy) is 3. The van der Waals surface area contributed by atoms with Gasteiger partial charge in [0, 0.05) is 23.3 Å². The molecule has 0 aliphatic heterocycles. The smallest absolute Gasteiger partial charge is 0.338 e. The lowest BCUT2D eigenvalue weighted by atomic mass is 10.0. The van der Waals surface area contributed by atoms with Crippen LogP contribution in [0.15, 0.2) is 79.8 Å². The van der Waals surface area contributed by atoms with Gasteiger partial charge in [-0.3, -0.25) is 0 Å². The minimum atomic E-state index is -0.631. The molecule has 0 aromatic heterocycles. The lowest BCUT2D eigenvalue weighted by Crippen LogP contribution is -2.07. The highest BCUT2D eigenvalue weighted by Crippen LogP contribution is 2.28. The normalized spacial score (nSPS) is 10.3. The highest BCUT2D eigenvalue weighted by molar-refractivity contribution is 5.88. The Hall–Kier alpha value is -3.67. The Morgan fingerprint density at radius 1 is 1.04 bits per heavy atom. The Labute approximate surface area is 156 Å². The van der Waals surface area contributed by atoms with Gasteiger partial charge in [0.1, 0.15) is 29.8 Å². The SMILES string of the molecule is C=CC(=O)O/C=C\Oc1ccc(-c2ccc(OC(=O)C(=C)C)cc2)c(F)c1. The summed E-state index contributed by atoms with van der Waals surface area (Å²) in [4.78, 5) is 22.3. The zero-order chi connectivity index (χ0) is 19.8. The third kappa shape index (κ3) is 5.67. The van der Waals surface area contributed by atoms with Gasteiger partial charge in [-0.25, -0.2) is 14.0 Å². The standard InChI is InChI=1S/C21H17FO5/c1-4-20(23)26-12-11-25-17-9-10-18(19(22)13-17)15-5-7-16(8-6-15)27-21(24)14(2)3/h4-13H,1-2H2,3H3/b12-11-. The maximum absolute atomic E-state index is 14.3. The summed E-state index contributed by atoms with van der Waals surface area (Å²) in [7, 11) is 0. The van der Waals surface area contributed by atoms with Gasteiger partial charge in [0.05, 0.1) is 0 Å². The van der Waals surface area contributed by atoms with Crippen molar-refractivity contribution in [1.29, 1.82) is 0 Å². The Morgan fingerprint density at radius 3 is 2.30 bits per heavy atom. The molecule has 2 aromatic rings. The Balaban J connectivity index is 2.06. The number of esters is 2. The molecule has 2 rings (SSSR count). The van der Waals surface area contributed by atoms with Crippen molar-refractivity contribution < 1.29 is 28.2 Å². The number of carbonyl (C=O) groups excluding carboxylic acids is 2. The number of carbonyl (C=O) groups is 2. The molecule has 0 radical (unpaired) electrons. The summed E-state index contributed by atoms with van der Waals surface area (Å²) in [5, 5.41) is 0. The highest BCUT2D eigenvalue weighted by Gasteiger charge is 2.09. The van der Waals surface area contributed by atoms with Gasteiger partial charge in [0.25, 0.3) is 0 Å². The van der Waals surface area contributed by atoms with Gasteiger partial charge in [-0.05, 0) is 36.8 Å². The number of benzene rings is 2. The van der Waals surface area contributed by atoms with E-state index in [1.165, 1.54) is 6.07 Å². The van der Waals surface area contributed by atoms with Crippen molar-refractivity contribution in [3.63, 3.8) is 0 Å². The number of rotatable bonds is 7. The molecule has 138 valence electrons. The van der Waals surface area contributed by atoms with Crippen molar-refractivity contribution in [1.82, 2.24) is 0 Å². The van der Waals surface area contributed by atoms with Crippen LogP contribution in [0.25, 0.3) is 11.1 Å². The van der Waals surface area contributed by atoms with Crippen molar-refractivity contribution >= 4 is 11.9 Å². The van der Waals surface area contributed by atoms with E-state index in [1.54, 1.807) is 43.3 Å². The molecule has 0 aliphatic carbocycles. The van der Waals surface area contributed by atoms with Crippen molar-refractivity contribution in [3.05, 3.63) is 85.6 Å². The molecular weight excluding hydrogens is 351 g/mol. The zero-order valence-corrected chi connectivity index (χ0v) is 14.6. The fraction of sp³-hybridized carbons (Fsp3) is 0.0476. The summed E-state index contributed by atoms with van der Waals surface area (Å²) in [5.74, 6) is -1.09. The molecule has 0 saturated heterocycles. The van der Waals surface area contributed by atoms with Crippen LogP contribution >= 0.6 is 0 Å². The second-order valence-corrected chi connectivity index (χ2v) is 5.37. The Bertz CT molecular complexity index is 897. The fourth-order valence-corrected chi connectivity index (χ4v) is 1.95. The van der Waals surface area contributed by atoms with Crippen LogP contribution in [0.1, 0.15) is 6.92 Å². The average molecular weight is 368 g/mol. The molecule has 0 bridgehead atoms. The summed E-state index contributed by atoms with van der Waals surface area (Å²) in [5.41, 5.74) is 1.24. The van der Waals surface area contributed by atoms with Crippen molar-refractivity contribution in [3.8, 4) is 22.6 Å². The van der Waals surface area contributed by atoms with Gasteiger partial charge in [-0.15, -0.1) is 0 Å². The maximum atomic E-state index is 14.3. The third-order valence-corrected chi connectivity index (χ3v) is 3.28. The molecule has 0 unspecified atom stereocenters. The molecular formula is C21H17FO5. The molecule has 0 amide bonds. The summed E-state index contributed by atoms with van der Waals surface area (Å²) in [6.07, 6.45) is 3.14. The molecule has 0 spiro atoms. The van der Waals surface area contributed by atoms with Crippen LogP contribution in [0, 0.1) is 5.82 Å². The molecule has 0 N–H and O–H groups in total. The molecule has 0 heterocycles. The van der Waals surface area contributed by atoms with Crippen LogP contribution in [-0.2, 0) is 14.3 Å². The Kier molecular flexibility index (Phi) is 6.66. The van der Waals surface area contributed by atoms with E-state index in [4.69, 9.17) is 9.47 Å². The van der Waals surface area contributed by atoms with Crippen molar-refractivity contribution in [2.45, 2.75) is 6.92 Å². The predicted molar refractivity (Wildman–Crippen MR) is 98.3 cm³/mol. The first-order chi connectivity index (χ1) is 12.9. The van der Waals surface area contributed by atoms with E-state index in [-0.39, 0.29) is 11.3 Å². The fourth-order valence-electron chi connectivity index (χ4n) is 1.95. The van der Waals surface area contributed by atoms with E-state index in [1.807, 2.05) is 0 Å². The summed E-state index contributed by atoms with van der Waals surface area (Å²) in [6.45, 7) is 8.30. The lowest BCUT2D eigenvalue weighted by Gasteiger charge is -2.08. The van der Waals surface area contributed by atoms with Gasteiger partial charge in [-0.1, -0.05) is 25.3 Å². The second-order valence-electron chi connectivity index (χ2n) is 5.37. The van der Waals surface area contributed by atoms with E-state index in [9.17, 15) is 14.0 Å². The lowest BCUT2D eigenvalue weighted by molar-refractivity contribution is -0.132. The molecule has 6 heteroatoms. The predicted octanol–water partition coefficient (Wildman–Crippen LogP) is 4.55. The molecule has 0 atom stereocenters. The van der Waals surface area contributed by atoms with E-state index < -0.39 is 17.8 Å². The number of hydrogen-bond acceptors (Lipinski definition) is 5. The second kappa shape index (κ2) is 9.15. The minimum Gasteiger partial charge on any atom is -0.462 e. The largest absolute Gasteiger partial charge is 0.462 e. The zero-order valence-electron chi connectivity index (χ0n) is 14.6. The first-order valence-electron chi connectivity index (χ1n) is 7.83. The highest BCUT2D eigenvalue weighted by atomic mass is 19.1. The van der Waals surface area contributed by atoms with Crippen LogP contribution in [0.3, 0.4) is 0 Å². The summed E-state index contributed by atoms with van der Waals surface area (Å²) >= 11 is 0. The van der Waals surface area contributed by atoms with Gasteiger partial charge in [0.2, 0.25) is 0 Å². The van der Waals surface area contributed by atoms with Crippen molar-refractivity contribution in [2.75, 3.05) is 0 Å². The van der Waals surface area contributed by atoms with Crippen molar-refractivity contribution in [2.24, 2.45) is 0 Å². The maximum Gasteiger partial charge on any atom is 0.338 e. The van der Waals surface area contributed by atoms with Gasteiger partial charge >= 0.3 is 11.9 Å². The monoisotopic (exact) mass is 368 g/mol. The van der Waals surface area contributed by atoms with Gasteiger partial charge in [0.15, 0.2) is 0 Å². The summed E-state index contributed by atoms with van der Waals surface area (Å²) in [6, 6.07) is 10.7. The summed E-state index contributed by atoms with van der Waals surface area (Å²) < 4.78 is 29.2. The molecule has 5 nitrogen and oxygen atoms in total. The first kappa shape index (κ1) is 19.7. The van der Waals surface area contributed by atoms with Gasteiger partial charge in [-0.2, -0.15) is 0 Å². The molecule has 0 aliphatic rings. The molecule has 0 saturated carbocycles. The van der Waals surface area contributed by atoms with Crippen LogP contribution in [0.2, 0.25) is 0 Å². The minimum absolute atomic E-state index is 0.231. The molecule has 27 heavy (non-hydrogen) atoms. The quantitative estimate of drug-likeness (QED) is 0.310. The number of halogens is 1. The molecule has 0 fully saturated rings. The van der Waals surface area contributed by atoms with Gasteiger partial charge < -0.3 is 14.2 Å². The Morgan fingerprint density at radius 2 is 1.70 bits per heavy atom. The van der Waals surface area contributed by atoms with Crippen LogP contribution in [0.5, 0.6) is 11.5 Å². The topological polar surface area (TPSA) is 61.8 Å². The van der Waals surface area contributed by atoms with E-state index in [2.05, 4.69) is 17.9 Å². The number of hydrogen-bond donors (Lipinski definition) is 0. The van der Waals surface area contributed by atoms with E-state index in [0.717, 1.165) is 18.6 Å². The first-order valence-corrected chi connectivity index (χ1v) is 7.83. The third-order valence-electron chi connectivity index (χ3n) is 3.28. The average Bonchev–Trinajstić information content (AvgIpc) is 2.65. The van der Waals surface area contributed by atoms with E-state index >= 15 is 0 Å².